The first-order valence-electron chi connectivity index (χ1n) is 11.8. The van der Waals surface area contributed by atoms with Gasteiger partial charge in [-0.05, 0) is 42.3 Å². The number of nitrogens with one attached hydrogen (secondary N) is 1. The quantitative estimate of drug-likeness (QED) is 0.355. The van der Waals surface area contributed by atoms with Gasteiger partial charge < -0.3 is 21.1 Å². The van der Waals surface area contributed by atoms with Gasteiger partial charge in [-0.2, -0.15) is 13.2 Å². The third kappa shape index (κ3) is 5.16. The summed E-state index contributed by atoms with van der Waals surface area (Å²) >= 11 is 0. The summed E-state index contributed by atoms with van der Waals surface area (Å²) in [7, 11) is 0. The van der Waals surface area contributed by atoms with E-state index in [0.717, 1.165) is 23.9 Å². The fraction of sp³-hybridized carbons (Fsp3) is 0.192. The number of alkyl halides is 3. The van der Waals surface area contributed by atoms with Crippen LogP contribution in [0.15, 0.2) is 60.9 Å². The van der Waals surface area contributed by atoms with Crippen molar-refractivity contribution in [2.45, 2.75) is 12.6 Å². The molecule has 0 aliphatic carbocycles. The van der Waals surface area contributed by atoms with Gasteiger partial charge in [-0.15, -0.1) is 0 Å². The zero-order valence-corrected chi connectivity index (χ0v) is 20.3. The highest BCUT2D eigenvalue weighted by molar-refractivity contribution is 6.04. The Labute approximate surface area is 219 Å². The number of hydrogen-bond donors (Lipinski definition) is 3. The van der Waals surface area contributed by atoms with Gasteiger partial charge in [-0.1, -0.05) is 18.2 Å². The van der Waals surface area contributed by atoms with Gasteiger partial charge in [0.2, 0.25) is 11.9 Å². The standard InChI is InChI=1S/C26H22F3N7O3/c27-26(28,29)18-5-9-31-20(13-18)33-24(39)17-3-1-16(2-4-17)23-34-22(19-6-10-32-25(30)36(19)23)15-7-11-35(12-8-15)21(38)14-37/h1-7,9-10,13,37H,8,11-12,14H2,(H2,30,32)(H,31,33,39). The highest BCUT2D eigenvalue weighted by atomic mass is 19.4. The monoisotopic (exact) mass is 537 g/mol. The van der Waals surface area contributed by atoms with Crippen LogP contribution in [0, 0.1) is 0 Å². The topological polar surface area (TPSA) is 139 Å². The van der Waals surface area contributed by atoms with E-state index in [1.165, 1.54) is 12.1 Å². The minimum atomic E-state index is -4.56. The van der Waals surface area contributed by atoms with Gasteiger partial charge in [0.15, 0.2) is 0 Å². The Kier molecular flexibility index (Phi) is 6.74. The van der Waals surface area contributed by atoms with Gasteiger partial charge in [0.05, 0.1) is 16.8 Å². The molecule has 0 atom stereocenters. The van der Waals surface area contributed by atoms with E-state index in [0.29, 0.717) is 42.1 Å². The van der Waals surface area contributed by atoms with Crippen molar-refractivity contribution in [1.82, 2.24) is 24.3 Å². The number of benzene rings is 1. The van der Waals surface area contributed by atoms with E-state index >= 15 is 0 Å². The molecule has 2 amide bonds. The van der Waals surface area contributed by atoms with Crippen molar-refractivity contribution < 1.29 is 27.9 Å². The molecule has 4 heterocycles. The molecule has 0 unspecified atom stereocenters. The van der Waals surface area contributed by atoms with E-state index in [2.05, 4.69) is 15.3 Å². The van der Waals surface area contributed by atoms with Crippen LogP contribution in [0.1, 0.15) is 28.0 Å². The maximum Gasteiger partial charge on any atom is 0.416 e. The molecular formula is C26H22F3N7O3. The van der Waals surface area contributed by atoms with Crippen molar-refractivity contribution >= 4 is 34.7 Å². The van der Waals surface area contributed by atoms with Crippen molar-refractivity contribution in [3.63, 3.8) is 0 Å². The van der Waals surface area contributed by atoms with Gasteiger partial charge in [0, 0.05) is 36.6 Å². The minimum absolute atomic E-state index is 0.201. The summed E-state index contributed by atoms with van der Waals surface area (Å²) in [5.41, 5.74) is 8.39. The van der Waals surface area contributed by atoms with E-state index < -0.39 is 24.3 Å². The molecule has 4 aromatic rings. The Balaban J connectivity index is 1.43. The largest absolute Gasteiger partial charge is 0.416 e. The number of halogens is 3. The molecule has 0 bridgehead atoms. The lowest BCUT2D eigenvalue weighted by Gasteiger charge is -2.25. The number of aromatic nitrogens is 4. The summed E-state index contributed by atoms with van der Waals surface area (Å²) in [6, 6.07) is 9.69. The molecule has 13 heteroatoms. The molecule has 39 heavy (non-hydrogen) atoms. The Bertz CT molecular complexity index is 1600. The van der Waals surface area contributed by atoms with Crippen LogP contribution >= 0.6 is 0 Å². The molecule has 5 rings (SSSR count). The molecule has 0 radical (unpaired) electrons. The van der Waals surface area contributed by atoms with E-state index in [1.807, 2.05) is 6.08 Å². The van der Waals surface area contributed by atoms with E-state index in [1.54, 1.807) is 33.7 Å². The Morgan fingerprint density at radius 2 is 1.82 bits per heavy atom. The third-order valence-corrected chi connectivity index (χ3v) is 6.32. The molecular weight excluding hydrogens is 515 g/mol. The van der Waals surface area contributed by atoms with E-state index in [4.69, 9.17) is 15.8 Å². The average molecular weight is 538 g/mol. The van der Waals surface area contributed by atoms with Crippen LogP contribution < -0.4 is 11.1 Å². The summed E-state index contributed by atoms with van der Waals surface area (Å²) in [5, 5.41) is 11.5. The smallest absolute Gasteiger partial charge is 0.387 e. The number of imidazole rings is 1. The lowest BCUT2D eigenvalue weighted by Crippen LogP contribution is -2.36. The first kappa shape index (κ1) is 25.9. The Morgan fingerprint density at radius 3 is 2.49 bits per heavy atom. The molecule has 200 valence electrons. The summed E-state index contributed by atoms with van der Waals surface area (Å²) in [4.78, 5) is 38.8. The van der Waals surface area contributed by atoms with Crippen LogP contribution in [0.25, 0.3) is 22.5 Å². The SMILES string of the molecule is Nc1nccc2c(C3=CCN(C(=O)CO)CC3)nc(-c3ccc(C(=O)Nc4cc(C(F)(F)F)ccn4)cc3)n12. The maximum absolute atomic E-state index is 13.0. The summed E-state index contributed by atoms with van der Waals surface area (Å²) in [5.74, 6) is -0.514. The number of pyridine rings is 1. The highest BCUT2D eigenvalue weighted by Crippen LogP contribution is 2.32. The number of carbonyl (C=O) groups excluding carboxylic acids is 2. The van der Waals surface area contributed by atoms with Gasteiger partial charge in [0.1, 0.15) is 18.2 Å². The second-order valence-corrected chi connectivity index (χ2v) is 8.74. The first-order valence-corrected chi connectivity index (χ1v) is 11.8. The van der Waals surface area contributed by atoms with Gasteiger partial charge in [0.25, 0.3) is 5.91 Å². The number of nitrogen functional groups attached to an aromatic ring is 1. The fourth-order valence-corrected chi connectivity index (χ4v) is 4.34. The van der Waals surface area contributed by atoms with Crippen molar-refractivity contribution in [2.75, 3.05) is 30.7 Å². The van der Waals surface area contributed by atoms with Crippen molar-refractivity contribution in [3.8, 4) is 11.4 Å². The van der Waals surface area contributed by atoms with Gasteiger partial charge >= 0.3 is 6.18 Å². The molecule has 0 spiro atoms. The molecule has 3 aromatic heterocycles. The predicted molar refractivity (Wildman–Crippen MR) is 136 cm³/mol. The Hall–Kier alpha value is -4.78. The second kappa shape index (κ2) is 10.2. The van der Waals surface area contributed by atoms with Crippen LogP contribution in [0.2, 0.25) is 0 Å². The average Bonchev–Trinajstić information content (AvgIpc) is 3.33. The van der Waals surface area contributed by atoms with Gasteiger partial charge in [-0.3, -0.25) is 14.0 Å². The molecule has 0 saturated carbocycles. The zero-order valence-electron chi connectivity index (χ0n) is 20.3. The van der Waals surface area contributed by atoms with Crippen LogP contribution in [-0.2, 0) is 11.0 Å². The number of anilines is 2. The summed E-state index contributed by atoms with van der Waals surface area (Å²) in [6.07, 6.45) is 0.402. The van der Waals surface area contributed by atoms with Crippen molar-refractivity contribution in [1.29, 1.82) is 0 Å². The molecule has 10 nitrogen and oxygen atoms in total. The van der Waals surface area contributed by atoms with Crippen molar-refractivity contribution in [2.24, 2.45) is 0 Å². The summed E-state index contributed by atoms with van der Waals surface area (Å²) in [6.45, 7) is 0.228. The van der Waals surface area contributed by atoms with Crippen molar-refractivity contribution in [3.05, 3.63) is 77.8 Å². The van der Waals surface area contributed by atoms with Crippen LogP contribution in [0.3, 0.4) is 0 Å². The number of hydrogen-bond acceptors (Lipinski definition) is 7. The molecule has 1 aromatic carbocycles. The van der Waals surface area contributed by atoms with Crippen LogP contribution in [0.5, 0.6) is 0 Å². The van der Waals surface area contributed by atoms with Crippen LogP contribution in [0.4, 0.5) is 24.9 Å². The number of aliphatic hydroxyl groups is 1. The second-order valence-electron chi connectivity index (χ2n) is 8.74. The summed E-state index contributed by atoms with van der Waals surface area (Å²) < 4.78 is 40.6. The number of fused-ring (bicyclic) bond motifs is 1. The number of nitrogens with two attached hydrogens (primary N) is 1. The molecule has 1 aliphatic rings. The van der Waals surface area contributed by atoms with Gasteiger partial charge in [-0.25, -0.2) is 15.0 Å². The minimum Gasteiger partial charge on any atom is -0.387 e. The number of amides is 2. The molecule has 4 N–H and O–H groups in total. The first-order chi connectivity index (χ1) is 18.7. The molecule has 0 fully saturated rings. The Morgan fingerprint density at radius 1 is 1.08 bits per heavy atom. The predicted octanol–water partition coefficient (Wildman–Crippen LogP) is 3.25. The number of rotatable bonds is 5. The normalized spacial score (nSPS) is 13.8. The molecule has 0 saturated heterocycles. The maximum atomic E-state index is 13.0. The number of carbonyl (C=O) groups is 2. The lowest BCUT2D eigenvalue weighted by molar-refractivity contribution is -0.137. The number of aliphatic hydroxyl groups excluding tert-OH is 1. The van der Waals surface area contributed by atoms with E-state index in [-0.39, 0.29) is 23.2 Å². The zero-order chi connectivity index (χ0) is 27.7. The number of nitrogens with zero attached hydrogens (tertiary/aromatic N) is 5. The fourth-order valence-electron chi connectivity index (χ4n) is 4.34. The highest BCUT2D eigenvalue weighted by Gasteiger charge is 2.31. The van der Waals surface area contributed by atoms with Crippen LogP contribution in [-0.4, -0.2) is 60.9 Å². The molecule has 1 aliphatic heterocycles. The van der Waals surface area contributed by atoms with E-state index in [9.17, 15) is 22.8 Å². The lowest BCUT2D eigenvalue weighted by atomic mass is 10.0. The third-order valence-electron chi connectivity index (χ3n) is 6.32.